The van der Waals surface area contributed by atoms with E-state index in [-0.39, 0.29) is 11.6 Å². The molecule has 2 aromatic heterocycles. The van der Waals surface area contributed by atoms with Crippen LogP contribution >= 0.6 is 0 Å². The summed E-state index contributed by atoms with van der Waals surface area (Å²) in [5, 5.41) is 4.40. The Balaban J connectivity index is 1.62. The molecule has 0 bridgehead atoms. The molecule has 0 amide bonds. The van der Waals surface area contributed by atoms with Crippen molar-refractivity contribution >= 4 is 22.7 Å². The molecule has 0 spiro atoms. The molecule has 0 radical (unpaired) electrons. The number of nitrogens with one attached hydrogen (secondary N) is 1. The fourth-order valence-electron chi connectivity index (χ4n) is 5.90. The predicted molar refractivity (Wildman–Crippen MR) is 139 cm³/mol. The Morgan fingerprint density at radius 1 is 1.03 bits per heavy atom. The van der Waals surface area contributed by atoms with Crippen molar-refractivity contribution in [3.8, 4) is 0 Å². The number of aromatic nitrogens is 3. The highest BCUT2D eigenvalue weighted by Crippen LogP contribution is 2.40. The van der Waals surface area contributed by atoms with Crippen LogP contribution in [-0.4, -0.2) is 33.7 Å². The zero-order valence-electron chi connectivity index (χ0n) is 20.7. The van der Waals surface area contributed by atoms with E-state index >= 15 is 0 Å². The highest BCUT2D eigenvalue weighted by Gasteiger charge is 2.32. The zero-order chi connectivity index (χ0) is 23.7. The summed E-state index contributed by atoms with van der Waals surface area (Å²) >= 11 is 0. The molecule has 5 rings (SSSR count). The Hall–Kier alpha value is -2.73. The Kier molecular flexibility index (Phi) is 6.68. The topological polar surface area (TPSA) is 63.1 Å². The summed E-state index contributed by atoms with van der Waals surface area (Å²) in [6, 6.07) is 14.5. The smallest absolute Gasteiger partial charge is 0.252 e. The minimum atomic E-state index is 0.0477. The van der Waals surface area contributed by atoms with E-state index < -0.39 is 0 Å². The third kappa shape index (κ3) is 4.48. The van der Waals surface area contributed by atoms with E-state index in [2.05, 4.69) is 55.3 Å². The minimum absolute atomic E-state index is 0.0477. The average Bonchev–Trinajstić information content (AvgIpc) is 2.86. The van der Waals surface area contributed by atoms with Gasteiger partial charge in [-0.3, -0.25) is 9.36 Å². The van der Waals surface area contributed by atoms with Gasteiger partial charge in [0, 0.05) is 35.4 Å². The number of hydrogen-bond donors (Lipinski definition) is 1. The van der Waals surface area contributed by atoms with Gasteiger partial charge in [0.15, 0.2) is 0 Å². The lowest BCUT2D eigenvalue weighted by Gasteiger charge is -2.38. The average molecular weight is 460 g/mol. The van der Waals surface area contributed by atoms with Crippen molar-refractivity contribution in [2.75, 3.05) is 18.0 Å². The molecule has 3 unspecified atom stereocenters. The van der Waals surface area contributed by atoms with Crippen LogP contribution in [-0.2, 0) is 0 Å². The molecule has 1 saturated carbocycles. The summed E-state index contributed by atoms with van der Waals surface area (Å²) < 4.78 is 1.99. The Morgan fingerprint density at radius 2 is 1.79 bits per heavy atom. The number of rotatable bonds is 5. The van der Waals surface area contributed by atoms with Crippen LogP contribution in [0.5, 0.6) is 0 Å². The van der Waals surface area contributed by atoms with Crippen LogP contribution < -0.4 is 15.8 Å². The van der Waals surface area contributed by atoms with Gasteiger partial charge < -0.3 is 10.2 Å². The lowest BCUT2D eigenvalue weighted by atomic mass is 9.74. The first-order valence-electron chi connectivity index (χ1n) is 13.0. The minimum Gasteiger partial charge on any atom is -0.317 e. The largest absolute Gasteiger partial charge is 0.317 e. The maximum absolute atomic E-state index is 13.3. The summed E-state index contributed by atoms with van der Waals surface area (Å²) in [4.78, 5) is 25.5. The van der Waals surface area contributed by atoms with Crippen molar-refractivity contribution in [3.05, 3.63) is 59.0 Å². The summed E-state index contributed by atoms with van der Waals surface area (Å²) in [6.45, 7) is 8.88. The van der Waals surface area contributed by atoms with Crippen LogP contribution in [0, 0.1) is 17.8 Å². The number of piperidine rings is 1. The normalized spacial score (nSPS) is 23.9. The van der Waals surface area contributed by atoms with Crippen LogP contribution in [0.2, 0.25) is 0 Å². The summed E-state index contributed by atoms with van der Waals surface area (Å²) in [7, 11) is 0. The molecule has 3 heterocycles. The Morgan fingerprint density at radius 3 is 2.53 bits per heavy atom. The highest BCUT2D eigenvalue weighted by molar-refractivity contribution is 5.76. The number of para-hydroxylation sites is 1. The molecular formula is C28H37N5O. The monoisotopic (exact) mass is 459 g/mol. The Bertz CT molecular complexity index is 1170. The summed E-state index contributed by atoms with van der Waals surface area (Å²) in [6.07, 6.45) is 7.40. The van der Waals surface area contributed by atoms with Gasteiger partial charge in [-0.25, -0.2) is 4.98 Å². The molecule has 180 valence electrons. The van der Waals surface area contributed by atoms with E-state index in [0.717, 1.165) is 55.5 Å². The molecule has 2 aliphatic rings. The van der Waals surface area contributed by atoms with Gasteiger partial charge in [-0.05, 0) is 81.1 Å². The van der Waals surface area contributed by atoms with Gasteiger partial charge in [0.1, 0.15) is 5.65 Å². The summed E-state index contributed by atoms with van der Waals surface area (Å²) in [5.74, 6) is 2.40. The number of benzene rings is 1. The number of nitrogens with zero attached hydrogens (tertiary/aromatic N) is 4. The molecule has 6 nitrogen and oxygen atoms in total. The molecule has 1 N–H and O–H groups in total. The quantitative estimate of drug-likeness (QED) is 0.560. The van der Waals surface area contributed by atoms with Gasteiger partial charge in [0.2, 0.25) is 5.95 Å². The molecular weight excluding hydrogens is 422 g/mol. The van der Waals surface area contributed by atoms with Gasteiger partial charge in [-0.1, -0.05) is 39.0 Å². The molecule has 1 aromatic carbocycles. The highest BCUT2D eigenvalue weighted by atomic mass is 16.1. The Labute approximate surface area is 202 Å². The van der Waals surface area contributed by atoms with Crippen molar-refractivity contribution in [2.24, 2.45) is 17.8 Å². The molecule has 1 aliphatic heterocycles. The van der Waals surface area contributed by atoms with Crippen molar-refractivity contribution in [3.63, 3.8) is 0 Å². The fraction of sp³-hybridized carbons (Fsp3) is 0.536. The van der Waals surface area contributed by atoms with Crippen LogP contribution in [0.3, 0.4) is 0 Å². The van der Waals surface area contributed by atoms with Gasteiger partial charge in [0.25, 0.3) is 5.56 Å². The first-order valence-corrected chi connectivity index (χ1v) is 13.0. The third-order valence-electron chi connectivity index (χ3n) is 8.05. The number of anilines is 2. The van der Waals surface area contributed by atoms with Crippen molar-refractivity contribution < 1.29 is 0 Å². The van der Waals surface area contributed by atoms with Crippen molar-refractivity contribution in [1.29, 1.82) is 0 Å². The van der Waals surface area contributed by atoms with E-state index in [1.54, 1.807) is 6.07 Å². The maximum Gasteiger partial charge on any atom is 0.252 e. The zero-order valence-corrected chi connectivity index (χ0v) is 20.7. The van der Waals surface area contributed by atoms with E-state index in [4.69, 9.17) is 9.97 Å². The summed E-state index contributed by atoms with van der Waals surface area (Å²) in [5.41, 5.74) is 1.92. The molecule has 3 atom stereocenters. The van der Waals surface area contributed by atoms with Crippen LogP contribution in [0.4, 0.5) is 11.6 Å². The van der Waals surface area contributed by atoms with Crippen LogP contribution in [0.25, 0.3) is 11.0 Å². The molecule has 1 aliphatic carbocycles. The number of hydrogen-bond acceptors (Lipinski definition) is 5. The van der Waals surface area contributed by atoms with E-state index in [1.807, 2.05) is 22.9 Å². The third-order valence-corrected chi connectivity index (χ3v) is 8.05. The second-order valence-electron chi connectivity index (χ2n) is 10.5. The maximum atomic E-state index is 13.3. The van der Waals surface area contributed by atoms with Gasteiger partial charge in [-0.15, -0.1) is 0 Å². The molecule has 2 fully saturated rings. The van der Waals surface area contributed by atoms with E-state index in [9.17, 15) is 4.79 Å². The first-order chi connectivity index (χ1) is 16.5. The van der Waals surface area contributed by atoms with Crippen LogP contribution in [0.1, 0.15) is 58.9 Å². The predicted octanol–water partition coefficient (Wildman–Crippen LogP) is 5.31. The second-order valence-corrected chi connectivity index (χ2v) is 10.5. The second kappa shape index (κ2) is 9.87. The molecule has 34 heavy (non-hydrogen) atoms. The first kappa shape index (κ1) is 23.0. The lowest BCUT2D eigenvalue weighted by molar-refractivity contribution is 0.162. The number of pyridine rings is 1. The molecule has 3 aromatic rings. The van der Waals surface area contributed by atoms with Crippen molar-refractivity contribution in [1.82, 2.24) is 19.9 Å². The van der Waals surface area contributed by atoms with Gasteiger partial charge >= 0.3 is 0 Å². The van der Waals surface area contributed by atoms with Gasteiger partial charge in [-0.2, -0.15) is 4.98 Å². The fourth-order valence-corrected chi connectivity index (χ4v) is 5.90. The van der Waals surface area contributed by atoms with E-state index in [0.29, 0.717) is 29.7 Å². The van der Waals surface area contributed by atoms with Crippen LogP contribution in [0.15, 0.2) is 53.5 Å². The molecule has 1 saturated heterocycles. The van der Waals surface area contributed by atoms with E-state index in [1.165, 1.54) is 6.42 Å². The standard InChI is InChI=1S/C28H37N5O/c1-19(2)21-10-9-20(3)25(17-21)33-26(34)12-11-22-18-30-28(31-27(22)33)32(23-7-5-4-6-8-23)24-13-15-29-16-14-24/h4-8,11-12,18-21,24-25,29H,9-10,13-17H2,1-3H3. The number of fused-ring (bicyclic) bond motifs is 1. The lowest BCUT2D eigenvalue weighted by Crippen LogP contribution is -2.41. The van der Waals surface area contributed by atoms with Gasteiger partial charge in [0.05, 0.1) is 0 Å². The molecule has 6 heteroatoms. The SMILES string of the molecule is CC(C)C1CCC(C)C(n2c(=O)ccc3cnc(N(c4ccccc4)C4CCNCC4)nc32)C1. The van der Waals surface area contributed by atoms with Crippen molar-refractivity contribution in [2.45, 2.75) is 65.0 Å².